The lowest BCUT2D eigenvalue weighted by molar-refractivity contribution is -0.137. The number of anilines is 3. The van der Waals surface area contributed by atoms with Gasteiger partial charge in [-0.15, -0.1) is 0 Å². The van der Waals surface area contributed by atoms with E-state index in [9.17, 15) is 18.0 Å². The molecule has 2 aliphatic heterocycles. The Morgan fingerprint density at radius 2 is 1.70 bits per heavy atom. The highest BCUT2D eigenvalue weighted by Gasteiger charge is 2.36. The van der Waals surface area contributed by atoms with E-state index in [1.165, 1.54) is 24.5 Å². The molecule has 2 aromatic heterocycles. The molecule has 5 rings (SSSR count). The Morgan fingerprint density at radius 1 is 1.05 bits per heavy atom. The number of nitrogens with zero attached hydrogens (tertiary/aromatic N) is 5. The summed E-state index contributed by atoms with van der Waals surface area (Å²) < 4.78 is 61.5. The lowest BCUT2D eigenvalue weighted by Gasteiger charge is -2.44. The van der Waals surface area contributed by atoms with Gasteiger partial charge in [0.25, 0.3) is 5.91 Å². The summed E-state index contributed by atoms with van der Waals surface area (Å²) in [6, 6.07) is 2.99. The third kappa shape index (κ3) is 5.61. The highest BCUT2D eigenvalue weighted by Crippen LogP contribution is 2.37. The molecule has 3 aromatic rings. The molecule has 1 amide bonds. The number of halogens is 4. The summed E-state index contributed by atoms with van der Waals surface area (Å²) in [6.45, 7) is 7.55. The summed E-state index contributed by atoms with van der Waals surface area (Å²) in [7, 11) is 2.00. The van der Waals surface area contributed by atoms with E-state index < -0.39 is 29.0 Å². The number of aromatic amines is 1. The Morgan fingerprint density at radius 3 is 2.33 bits per heavy atom. The molecule has 2 aliphatic rings. The quantitative estimate of drug-likeness (QED) is 0.451. The van der Waals surface area contributed by atoms with Crippen molar-refractivity contribution in [2.75, 3.05) is 61.6 Å². The van der Waals surface area contributed by atoms with Gasteiger partial charge in [0.2, 0.25) is 5.95 Å². The van der Waals surface area contributed by atoms with Gasteiger partial charge in [-0.25, -0.2) is 14.4 Å². The van der Waals surface area contributed by atoms with E-state index in [0.29, 0.717) is 56.6 Å². The van der Waals surface area contributed by atoms with Crippen LogP contribution in [0.15, 0.2) is 36.9 Å². The number of alkyl halides is 3. The van der Waals surface area contributed by atoms with Gasteiger partial charge in [-0.2, -0.15) is 13.2 Å². The maximum Gasteiger partial charge on any atom is 0.418 e. The average Bonchev–Trinajstić information content (AvgIpc) is 3.44. The number of hydrogen-bond acceptors (Lipinski definition) is 7. The number of carbonyl (C=O) groups excluding carboxylic acids is 1. The predicted octanol–water partition coefficient (Wildman–Crippen LogP) is 4.25. The number of nitrogens with one attached hydrogen (secondary N) is 2. The van der Waals surface area contributed by atoms with Gasteiger partial charge in [-0.05, 0) is 33.0 Å². The maximum atomic E-state index is 15.6. The first-order chi connectivity index (χ1) is 19.0. The molecule has 1 aromatic carbocycles. The minimum atomic E-state index is -4.72. The molecule has 2 N–H and O–H groups in total. The lowest BCUT2D eigenvalue weighted by atomic mass is 10.0. The molecule has 0 bridgehead atoms. The number of amides is 1. The molecule has 0 unspecified atom stereocenters. The van der Waals surface area contributed by atoms with Gasteiger partial charge in [-0.1, -0.05) is 0 Å². The van der Waals surface area contributed by atoms with E-state index in [-0.39, 0.29) is 23.3 Å². The van der Waals surface area contributed by atoms with E-state index in [0.717, 1.165) is 12.4 Å². The van der Waals surface area contributed by atoms with E-state index in [1.54, 1.807) is 0 Å². The number of likely N-dealkylation sites (N-methyl/N-ethyl adjacent to an activating group) is 1. The Balaban J connectivity index is 1.52. The molecule has 0 radical (unpaired) electrons. The topological polar surface area (TPSA) is 89.6 Å². The van der Waals surface area contributed by atoms with Crippen LogP contribution in [0.2, 0.25) is 0 Å². The number of morpholine rings is 1. The molecule has 0 aliphatic carbocycles. The van der Waals surface area contributed by atoms with E-state index >= 15 is 4.39 Å². The summed E-state index contributed by atoms with van der Waals surface area (Å²) in [4.78, 5) is 30.4. The van der Waals surface area contributed by atoms with Crippen LogP contribution in [0.4, 0.5) is 34.9 Å². The summed E-state index contributed by atoms with van der Waals surface area (Å²) >= 11 is 0. The number of rotatable bonds is 5. The highest BCUT2D eigenvalue weighted by atomic mass is 19.4. The van der Waals surface area contributed by atoms with Crippen molar-refractivity contribution in [3.63, 3.8) is 0 Å². The molecule has 9 nitrogen and oxygen atoms in total. The lowest BCUT2D eigenvalue weighted by Crippen LogP contribution is -2.55. The molecule has 2 atom stereocenters. The van der Waals surface area contributed by atoms with E-state index in [4.69, 9.17) is 4.74 Å². The number of aromatic nitrogens is 3. The molecular weight excluding hydrogens is 530 g/mol. The molecule has 2 fully saturated rings. The second kappa shape index (κ2) is 11.0. The zero-order valence-electron chi connectivity index (χ0n) is 22.4. The van der Waals surface area contributed by atoms with Crippen molar-refractivity contribution >= 4 is 23.2 Å². The van der Waals surface area contributed by atoms with Crippen molar-refractivity contribution < 1.29 is 27.1 Å². The average molecular weight is 562 g/mol. The van der Waals surface area contributed by atoms with E-state index in [2.05, 4.69) is 25.2 Å². The fourth-order valence-corrected chi connectivity index (χ4v) is 5.11. The van der Waals surface area contributed by atoms with Gasteiger partial charge in [-0.3, -0.25) is 9.69 Å². The normalized spacial score (nSPS) is 20.6. The molecule has 4 heterocycles. The molecule has 214 valence electrons. The van der Waals surface area contributed by atoms with Gasteiger partial charge < -0.3 is 24.8 Å². The van der Waals surface area contributed by atoms with Crippen molar-refractivity contribution in [1.82, 2.24) is 19.9 Å². The van der Waals surface area contributed by atoms with Gasteiger partial charge >= 0.3 is 6.18 Å². The SMILES string of the molecule is C[C@@H]1CN(c2cc(F)c(-c3cnc(N4CCOCC4)nc3)cc2NC(=O)c2c[nH]cc2C(F)(F)F)C[C@H](C)N1C. The fraction of sp³-hybridized carbons (Fsp3) is 0.444. The first kappa shape index (κ1) is 27.8. The van der Waals surface area contributed by atoms with Gasteiger partial charge in [0.15, 0.2) is 0 Å². The standard InChI is InChI=1S/C27H31F4N7O2/c1-16-14-38(15-17(2)36(16)3)24-9-22(28)19(18-10-33-26(34-11-18)37-4-6-40-7-5-37)8-23(24)35-25(39)20-12-32-13-21(20)27(29,30)31/h8-13,16-17,32H,4-7,14-15H2,1-3H3,(H,35,39)/t16-,17+. The number of carbonyl (C=O) groups is 1. The largest absolute Gasteiger partial charge is 0.418 e. The first-order valence-corrected chi connectivity index (χ1v) is 13.0. The Kier molecular flexibility index (Phi) is 7.69. The number of hydrogen-bond donors (Lipinski definition) is 2. The molecule has 0 spiro atoms. The summed E-state index contributed by atoms with van der Waals surface area (Å²) in [5.74, 6) is -1.03. The van der Waals surface area contributed by atoms with Crippen molar-refractivity contribution in [2.45, 2.75) is 32.1 Å². The summed E-state index contributed by atoms with van der Waals surface area (Å²) in [6.07, 6.45) is 0.0136. The van der Waals surface area contributed by atoms with Crippen LogP contribution < -0.4 is 15.1 Å². The third-order valence-electron chi connectivity index (χ3n) is 7.57. The van der Waals surface area contributed by atoms with Crippen molar-refractivity contribution in [2.24, 2.45) is 0 Å². The van der Waals surface area contributed by atoms with E-state index in [1.807, 2.05) is 30.7 Å². The van der Waals surface area contributed by atoms with Crippen LogP contribution in [0.25, 0.3) is 11.1 Å². The summed E-state index contributed by atoms with van der Waals surface area (Å²) in [5.41, 5.74) is -0.569. The van der Waals surface area contributed by atoms with Gasteiger partial charge in [0, 0.05) is 74.2 Å². The molecule has 2 saturated heterocycles. The second-order valence-corrected chi connectivity index (χ2v) is 10.2. The zero-order chi connectivity index (χ0) is 28.6. The van der Waals surface area contributed by atoms with Crippen LogP contribution in [0, 0.1) is 5.82 Å². The number of piperazine rings is 1. The van der Waals surface area contributed by atoms with Crippen LogP contribution in [0.3, 0.4) is 0 Å². The molecule has 40 heavy (non-hydrogen) atoms. The first-order valence-electron chi connectivity index (χ1n) is 13.0. The minimum Gasteiger partial charge on any atom is -0.378 e. The zero-order valence-corrected chi connectivity index (χ0v) is 22.4. The highest BCUT2D eigenvalue weighted by molar-refractivity contribution is 6.07. The van der Waals surface area contributed by atoms with Crippen LogP contribution in [0.5, 0.6) is 0 Å². The number of ether oxygens (including phenoxy) is 1. The number of benzene rings is 1. The van der Waals surface area contributed by atoms with Gasteiger partial charge in [0.05, 0.1) is 35.7 Å². The second-order valence-electron chi connectivity index (χ2n) is 10.2. The van der Waals surface area contributed by atoms with Gasteiger partial charge in [0.1, 0.15) is 5.82 Å². The van der Waals surface area contributed by atoms with Crippen LogP contribution in [0.1, 0.15) is 29.8 Å². The van der Waals surface area contributed by atoms with Crippen LogP contribution in [-0.2, 0) is 10.9 Å². The van der Waals surface area contributed by atoms with Crippen molar-refractivity contribution in [3.05, 3.63) is 53.9 Å². The van der Waals surface area contributed by atoms with Crippen LogP contribution in [-0.4, -0.2) is 84.3 Å². The predicted molar refractivity (Wildman–Crippen MR) is 143 cm³/mol. The molecular formula is C27H31F4N7O2. The Labute approximate surface area is 229 Å². The van der Waals surface area contributed by atoms with Crippen LogP contribution >= 0.6 is 0 Å². The maximum absolute atomic E-state index is 15.6. The minimum absolute atomic E-state index is 0.118. The smallest absolute Gasteiger partial charge is 0.378 e. The molecule has 0 saturated carbocycles. The van der Waals surface area contributed by atoms with Crippen molar-refractivity contribution in [1.29, 1.82) is 0 Å². The Hall–Kier alpha value is -3.71. The monoisotopic (exact) mass is 561 g/mol. The summed E-state index contributed by atoms with van der Waals surface area (Å²) in [5, 5.41) is 2.62. The third-order valence-corrected chi connectivity index (χ3v) is 7.57. The number of H-pyrrole nitrogens is 1. The van der Waals surface area contributed by atoms with Crippen molar-refractivity contribution in [3.8, 4) is 11.1 Å². The fourth-order valence-electron chi connectivity index (χ4n) is 5.11. The molecule has 13 heteroatoms. The Bertz CT molecular complexity index is 1340.